The van der Waals surface area contributed by atoms with Crippen LogP contribution in [0.4, 0.5) is 0 Å². The topological polar surface area (TPSA) is 89.9 Å². The Kier molecular flexibility index (Phi) is 11.0. The highest BCUT2D eigenvalue weighted by atomic mass is 35.5. The van der Waals surface area contributed by atoms with E-state index >= 15 is 0 Å². The summed E-state index contributed by atoms with van der Waals surface area (Å²) >= 11 is 12.4. The number of rotatable bonds is 7. The molecule has 0 spiro atoms. The van der Waals surface area contributed by atoms with Gasteiger partial charge in [0.2, 0.25) is 0 Å². The summed E-state index contributed by atoms with van der Waals surface area (Å²) < 4.78 is 0. The summed E-state index contributed by atoms with van der Waals surface area (Å²) in [6, 6.07) is 6.58. The lowest BCUT2D eigenvalue weighted by Gasteiger charge is -2.34. The zero-order valence-corrected chi connectivity index (χ0v) is 16.8. The summed E-state index contributed by atoms with van der Waals surface area (Å²) in [4.78, 5) is 21.7. The Morgan fingerprint density at radius 3 is 2.30 bits per heavy atom. The molecule has 1 heterocycles. The molecule has 1 aliphatic heterocycles. The van der Waals surface area contributed by atoms with Gasteiger partial charge in [0.1, 0.15) is 0 Å². The molecule has 1 saturated heterocycles. The molecule has 0 aromatic heterocycles. The van der Waals surface area contributed by atoms with Crippen LogP contribution in [0.15, 0.2) is 30.4 Å². The molecule has 0 bridgehead atoms. The summed E-state index contributed by atoms with van der Waals surface area (Å²) in [6.45, 7) is 6.49. The van der Waals surface area contributed by atoms with E-state index in [-0.39, 0.29) is 0 Å². The van der Waals surface area contributed by atoms with E-state index in [1.807, 2.05) is 12.1 Å². The highest BCUT2D eigenvalue weighted by molar-refractivity contribution is 6.42. The number of hydrogen-bond donors (Lipinski definition) is 3. The van der Waals surface area contributed by atoms with Crippen molar-refractivity contribution in [1.82, 2.24) is 10.2 Å². The van der Waals surface area contributed by atoms with E-state index in [1.165, 1.54) is 19.3 Å². The van der Waals surface area contributed by atoms with Crippen LogP contribution in [0.25, 0.3) is 0 Å². The first-order valence-corrected chi connectivity index (χ1v) is 9.62. The molecule has 1 aromatic rings. The van der Waals surface area contributed by atoms with E-state index < -0.39 is 11.9 Å². The molecule has 1 fully saturated rings. The Balaban J connectivity index is 0.000000387. The van der Waals surface area contributed by atoms with Gasteiger partial charge in [0.15, 0.2) is 0 Å². The summed E-state index contributed by atoms with van der Waals surface area (Å²) in [6.07, 6.45) is 4.73. The smallest absolute Gasteiger partial charge is 0.328 e. The van der Waals surface area contributed by atoms with Gasteiger partial charge in [-0.2, -0.15) is 0 Å². The van der Waals surface area contributed by atoms with Gasteiger partial charge in [-0.15, -0.1) is 0 Å². The lowest BCUT2D eigenvalue weighted by Crippen LogP contribution is -2.43. The van der Waals surface area contributed by atoms with Crippen LogP contribution in [0.1, 0.15) is 31.7 Å². The minimum Gasteiger partial charge on any atom is -0.478 e. The van der Waals surface area contributed by atoms with Crippen molar-refractivity contribution in [1.29, 1.82) is 0 Å². The fourth-order valence-corrected chi connectivity index (χ4v) is 3.26. The van der Waals surface area contributed by atoms with Gasteiger partial charge in [0.25, 0.3) is 0 Å². The predicted octanol–water partition coefficient (Wildman–Crippen LogP) is 3.67. The number of benzene rings is 1. The molecule has 2 rings (SSSR count). The molecule has 6 nitrogen and oxygen atoms in total. The van der Waals surface area contributed by atoms with Crippen LogP contribution >= 0.6 is 23.2 Å². The average molecular weight is 417 g/mol. The fourth-order valence-electron chi connectivity index (χ4n) is 2.88. The van der Waals surface area contributed by atoms with Crippen LogP contribution in [0.5, 0.6) is 0 Å². The highest BCUT2D eigenvalue weighted by Crippen LogP contribution is 2.27. The van der Waals surface area contributed by atoms with Gasteiger partial charge in [-0.3, -0.25) is 4.90 Å². The third-order valence-corrected chi connectivity index (χ3v) is 4.97. The molecule has 150 valence electrons. The lowest BCUT2D eigenvalue weighted by molar-refractivity contribution is -0.134. The number of carboxylic acid groups (broad SMARTS) is 2. The lowest BCUT2D eigenvalue weighted by atomic mass is 10.0. The molecule has 3 N–H and O–H groups in total. The molecule has 1 aromatic carbocycles. The van der Waals surface area contributed by atoms with Gasteiger partial charge in [0.05, 0.1) is 10.0 Å². The number of nitrogens with zero attached hydrogens (tertiary/aromatic N) is 1. The second kappa shape index (κ2) is 12.7. The Morgan fingerprint density at radius 1 is 1.19 bits per heavy atom. The summed E-state index contributed by atoms with van der Waals surface area (Å²) in [7, 11) is 0. The Bertz CT molecular complexity index is 631. The van der Waals surface area contributed by atoms with Crippen LogP contribution in [0.2, 0.25) is 10.0 Å². The summed E-state index contributed by atoms with van der Waals surface area (Å²) in [5.74, 6) is -2.51. The maximum Gasteiger partial charge on any atom is 0.328 e. The molecule has 0 radical (unpaired) electrons. The van der Waals surface area contributed by atoms with Gasteiger partial charge in [-0.25, -0.2) is 9.59 Å². The SMILES string of the molecule is CCCN(Cc1cccc(Cl)c1Cl)C1CCNCC1.O=C(O)/C=C/C(=O)O. The second-order valence-corrected chi connectivity index (χ2v) is 6.96. The highest BCUT2D eigenvalue weighted by Gasteiger charge is 2.21. The maximum atomic E-state index is 9.55. The average Bonchev–Trinajstić information content (AvgIpc) is 2.64. The van der Waals surface area contributed by atoms with Crippen LogP contribution in [0, 0.1) is 0 Å². The number of carboxylic acids is 2. The number of halogens is 2. The van der Waals surface area contributed by atoms with Crippen molar-refractivity contribution in [3.8, 4) is 0 Å². The van der Waals surface area contributed by atoms with Crippen molar-refractivity contribution in [2.45, 2.75) is 38.8 Å². The monoisotopic (exact) mass is 416 g/mol. The quantitative estimate of drug-likeness (QED) is 0.587. The molecule has 0 aliphatic carbocycles. The van der Waals surface area contributed by atoms with Crippen molar-refractivity contribution in [2.24, 2.45) is 0 Å². The second-order valence-electron chi connectivity index (χ2n) is 6.17. The summed E-state index contributed by atoms with van der Waals surface area (Å²) in [5.41, 5.74) is 1.14. The van der Waals surface area contributed by atoms with Crippen LogP contribution in [-0.2, 0) is 16.1 Å². The van der Waals surface area contributed by atoms with E-state index in [4.69, 9.17) is 33.4 Å². The predicted molar refractivity (Wildman–Crippen MR) is 107 cm³/mol. The minimum absolute atomic E-state index is 0.558. The third-order valence-electron chi connectivity index (χ3n) is 4.11. The van der Waals surface area contributed by atoms with Crippen LogP contribution < -0.4 is 5.32 Å². The molecule has 0 unspecified atom stereocenters. The van der Waals surface area contributed by atoms with Gasteiger partial charge in [0, 0.05) is 24.7 Å². The molecule has 27 heavy (non-hydrogen) atoms. The number of hydrogen-bond acceptors (Lipinski definition) is 4. The fraction of sp³-hybridized carbons (Fsp3) is 0.474. The zero-order chi connectivity index (χ0) is 20.2. The number of nitrogens with one attached hydrogen (secondary N) is 1. The first-order valence-electron chi connectivity index (χ1n) is 8.86. The van der Waals surface area contributed by atoms with Crippen LogP contribution in [-0.4, -0.2) is 52.7 Å². The van der Waals surface area contributed by atoms with E-state index in [2.05, 4.69) is 23.2 Å². The molecule has 0 saturated carbocycles. The molecule has 8 heteroatoms. The largest absolute Gasteiger partial charge is 0.478 e. The first-order chi connectivity index (χ1) is 12.8. The van der Waals surface area contributed by atoms with E-state index in [0.29, 0.717) is 28.2 Å². The standard InChI is InChI=1S/C15H22Cl2N2.C4H4O4/c1-2-10-19(13-6-8-18-9-7-13)11-12-4-3-5-14(16)15(12)17;5-3(6)1-2-4(7)8/h3-5,13,18H,2,6-11H2,1H3;1-2H,(H,5,6)(H,7,8)/b;2-1+. The van der Waals surface area contributed by atoms with Crippen molar-refractivity contribution < 1.29 is 19.8 Å². The number of carbonyl (C=O) groups is 2. The van der Waals surface area contributed by atoms with Gasteiger partial charge >= 0.3 is 11.9 Å². The Labute approximate surface area is 169 Å². The first kappa shape index (κ1) is 23.4. The minimum atomic E-state index is -1.26. The molecular weight excluding hydrogens is 391 g/mol. The maximum absolute atomic E-state index is 9.55. The zero-order valence-electron chi connectivity index (χ0n) is 15.3. The van der Waals surface area contributed by atoms with E-state index in [1.54, 1.807) is 0 Å². The van der Waals surface area contributed by atoms with Gasteiger partial charge in [-0.05, 0) is 50.5 Å². The van der Waals surface area contributed by atoms with Crippen LogP contribution in [0.3, 0.4) is 0 Å². The van der Waals surface area contributed by atoms with Crippen molar-refractivity contribution >= 4 is 35.1 Å². The van der Waals surface area contributed by atoms with E-state index in [9.17, 15) is 9.59 Å². The normalized spacial score (nSPS) is 14.8. The number of aliphatic carboxylic acids is 2. The van der Waals surface area contributed by atoms with Crippen molar-refractivity contribution in [3.63, 3.8) is 0 Å². The van der Waals surface area contributed by atoms with Gasteiger partial charge in [-0.1, -0.05) is 42.3 Å². The molecular formula is C19H26Cl2N2O4. The number of piperidine rings is 1. The summed E-state index contributed by atoms with van der Waals surface area (Å²) in [5, 5.41) is 20.4. The Hall–Kier alpha value is -1.60. The van der Waals surface area contributed by atoms with Crippen molar-refractivity contribution in [3.05, 3.63) is 46.0 Å². The molecule has 1 aliphatic rings. The van der Waals surface area contributed by atoms with Gasteiger partial charge < -0.3 is 15.5 Å². The molecule has 0 amide bonds. The Morgan fingerprint density at radius 2 is 1.78 bits per heavy atom. The van der Waals surface area contributed by atoms with E-state index in [0.717, 1.165) is 31.7 Å². The molecule has 0 atom stereocenters. The van der Waals surface area contributed by atoms with Crippen molar-refractivity contribution in [2.75, 3.05) is 19.6 Å². The third kappa shape index (κ3) is 9.24.